The van der Waals surface area contributed by atoms with Crippen molar-refractivity contribution in [3.05, 3.63) is 24.5 Å². The fourth-order valence-electron chi connectivity index (χ4n) is 0.826. The van der Waals surface area contributed by atoms with Gasteiger partial charge in [0.25, 0.3) is 0 Å². The van der Waals surface area contributed by atoms with Crippen LogP contribution in [0.4, 0.5) is 5.69 Å². The number of hydrogen-bond acceptors (Lipinski definition) is 3. The molecule has 1 aromatic rings. The Morgan fingerprint density at radius 1 is 1.50 bits per heavy atom. The highest BCUT2D eigenvalue weighted by molar-refractivity contribution is 5.40. The van der Waals surface area contributed by atoms with Gasteiger partial charge in [-0.2, -0.15) is 0 Å². The number of nitrogens with zero attached hydrogens (tertiary/aromatic N) is 1. The standard InChI is InChI=1S/C9H14N2O/c1-8(7-12)6-11-9-2-4-10-5-3-9/h2-5,8,12H,6-7H2,1H3,(H,10,11). The Morgan fingerprint density at radius 3 is 2.75 bits per heavy atom. The molecule has 3 heteroatoms. The molecule has 1 atom stereocenters. The van der Waals surface area contributed by atoms with E-state index in [0.717, 1.165) is 12.2 Å². The summed E-state index contributed by atoms with van der Waals surface area (Å²) in [6, 6.07) is 3.81. The van der Waals surface area contributed by atoms with E-state index in [9.17, 15) is 0 Å². The molecule has 0 radical (unpaired) electrons. The van der Waals surface area contributed by atoms with Gasteiger partial charge in [-0.15, -0.1) is 0 Å². The van der Waals surface area contributed by atoms with E-state index in [0.29, 0.717) is 0 Å². The van der Waals surface area contributed by atoms with Crippen LogP contribution in [0.5, 0.6) is 0 Å². The van der Waals surface area contributed by atoms with Crippen molar-refractivity contribution >= 4 is 5.69 Å². The van der Waals surface area contributed by atoms with Gasteiger partial charge in [-0.1, -0.05) is 6.92 Å². The van der Waals surface area contributed by atoms with Crippen LogP contribution >= 0.6 is 0 Å². The topological polar surface area (TPSA) is 45.1 Å². The first-order valence-corrected chi connectivity index (χ1v) is 4.07. The number of aliphatic hydroxyl groups excluding tert-OH is 1. The fourth-order valence-corrected chi connectivity index (χ4v) is 0.826. The van der Waals surface area contributed by atoms with Gasteiger partial charge in [0.05, 0.1) is 0 Å². The van der Waals surface area contributed by atoms with Crippen LogP contribution < -0.4 is 5.32 Å². The van der Waals surface area contributed by atoms with Gasteiger partial charge in [-0.25, -0.2) is 0 Å². The number of anilines is 1. The quantitative estimate of drug-likeness (QED) is 0.704. The molecular formula is C9H14N2O. The Morgan fingerprint density at radius 2 is 2.17 bits per heavy atom. The first-order valence-electron chi connectivity index (χ1n) is 4.07. The summed E-state index contributed by atoms with van der Waals surface area (Å²) in [7, 11) is 0. The molecular weight excluding hydrogens is 152 g/mol. The van der Waals surface area contributed by atoms with Gasteiger partial charge in [0, 0.05) is 31.2 Å². The Labute approximate surface area is 72.5 Å². The second-order valence-corrected chi connectivity index (χ2v) is 2.90. The van der Waals surface area contributed by atoms with E-state index in [4.69, 9.17) is 5.11 Å². The number of pyridine rings is 1. The van der Waals surface area contributed by atoms with Crippen LogP contribution in [0.1, 0.15) is 6.92 Å². The molecule has 0 aliphatic heterocycles. The molecule has 0 aliphatic rings. The van der Waals surface area contributed by atoms with Crippen LogP contribution in [-0.2, 0) is 0 Å². The lowest BCUT2D eigenvalue weighted by molar-refractivity contribution is 0.244. The second-order valence-electron chi connectivity index (χ2n) is 2.90. The highest BCUT2D eigenvalue weighted by Crippen LogP contribution is 2.04. The van der Waals surface area contributed by atoms with Crippen molar-refractivity contribution in [2.24, 2.45) is 5.92 Å². The molecule has 66 valence electrons. The maximum Gasteiger partial charge on any atom is 0.0473 e. The minimum Gasteiger partial charge on any atom is -0.396 e. The molecule has 0 saturated carbocycles. The van der Waals surface area contributed by atoms with Crippen LogP contribution in [0.2, 0.25) is 0 Å². The van der Waals surface area contributed by atoms with Gasteiger partial charge in [0.15, 0.2) is 0 Å². The second kappa shape index (κ2) is 4.72. The molecule has 1 aromatic heterocycles. The minimum absolute atomic E-state index is 0.220. The third-order valence-electron chi connectivity index (χ3n) is 1.65. The SMILES string of the molecule is CC(CO)CNc1ccncc1. The van der Waals surface area contributed by atoms with Crippen LogP contribution in [-0.4, -0.2) is 23.2 Å². The highest BCUT2D eigenvalue weighted by Gasteiger charge is 1.98. The van der Waals surface area contributed by atoms with Crippen molar-refractivity contribution in [2.45, 2.75) is 6.92 Å². The average Bonchev–Trinajstić information content (AvgIpc) is 2.16. The van der Waals surface area contributed by atoms with Gasteiger partial charge in [0.2, 0.25) is 0 Å². The number of aliphatic hydroxyl groups is 1. The molecule has 3 nitrogen and oxygen atoms in total. The van der Waals surface area contributed by atoms with Gasteiger partial charge in [-0.3, -0.25) is 4.98 Å². The van der Waals surface area contributed by atoms with E-state index < -0.39 is 0 Å². The normalized spacial score (nSPS) is 12.5. The molecule has 1 unspecified atom stereocenters. The molecule has 1 rings (SSSR count). The lowest BCUT2D eigenvalue weighted by Gasteiger charge is -2.09. The zero-order valence-electron chi connectivity index (χ0n) is 7.20. The zero-order chi connectivity index (χ0) is 8.81. The predicted molar refractivity (Wildman–Crippen MR) is 49.0 cm³/mol. The van der Waals surface area contributed by atoms with Crippen LogP contribution in [0.25, 0.3) is 0 Å². The summed E-state index contributed by atoms with van der Waals surface area (Å²) in [5, 5.41) is 12.0. The zero-order valence-corrected chi connectivity index (χ0v) is 7.20. The number of aromatic nitrogens is 1. The van der Waals surface area contributed by atoms with Gasteiger partial charge in [-0.05, 0) is 18.1 Å². The summed E-state index contributed by atoms with van der Waals surface area (Å²) in [5.74, 6) is 0.290. The lowest BCUT2D eigenvalue weighted by atomic mass is 10.2. The molecule has 0 aromatic carbocycles. The van der Waals surface area contributed by atoms with Crippen molar-refractivity contribution in [3.8, 4) is 0 Å². The maximum atomic E-state index is 8.76. The first kappa shape index (κ1) is 9.00. The molecule has 0 bridgehead atoms. The minimum atomic E-state index is 0.220. The van der Waals surface area contributed by atoms with Crippen molar-refractivity contribution in [1.82, 2.24) is 4.98 Å². The molecule has 0 aliphatic carbocycles. The number of rotatable bonds is 4. The summed E-state index contributed by atoms with van der Waals surface area (Å²) in [5.41, 5.74) is 1.05. The summed E-state index contributed by atoms with van der Waals surface area (Å²) < 4.78 is 0. The van der Waals surface area contributed by atoms with Gasteiger partial charge < -0.3 is 10.4 Å². The van der Waals surface area contributed by atoms with Crippen LogP contribution in [0, 0.1) is 5.92 Å². The van der Waals surface area contributed by atoms with E-state index in [2.05, 4.69) is 10.3 Å². The van der Waals surface area contributed by atoms with Crippen LogP contribution in [0.3, 0.4) is 0 Å². The molecule has 0 saturated heterocycles. The van der Waals surface area contributed by atoms with E-state index in [1.165, 1.54) is 0 Å². The van der Waals surface area contributed by atoms with Crippen molar-refractivity contribution in [1.29, 1.82) is 0 Å². The largest absolute Gasteiger partial charge is 0.396 e. The average molecular weight is 166 g/mol. The van der Waals surface area contributed by atoms with Crippen molar-refractivity contribution in [2.75, 3.05) is 18.5 Å². The van der Waals surface area contributed by atoms with E-state index >= 15 is 0 Å². The lowest BCUT2D eigenvalue weighted by Crippen LogP contribution is -2.14. The van der Waals surface area contributed by atoms with E-state index in [1.54, 1.807) is 12.4 Å². The molecule has 1 heterocycles. The summed E-state index contributed by atoms with van der Waals surface area (Å²) >= 11 is 0. The molecule has 0 spiro atoms. The van der Waals surface area contributed by atoms with Crippen molar-refractivity contribution in [3.63, 3.8) is 0 Å². The van der Waals surface area contributed by atoms with Gasteiger partial charge in [0.1, 0.15) is 0 Å². The molecule has 0 amide bonds. The van der Waals surface area contributed by atoms with Gasteiger partial charge >= 0.3 is 0 Å². The molecule has 12 heavy (non-hydrogen) atoms. The van der Waals surface area contributed by atoms with E-state index in [1.807, 2.05) is 19.1 Å². The molecule has 2 N–H and O–H groups in total. The third-order valence-corrected chi connectivity index (χ3v) is 1.65. The Kier molecular flexibility index (Phi) is 3.54. The maximum absolute atomic E-state index is 8.76. The Bertz CT molecular complexity index is 213. The summed E-state index contributed by atoms with van der Waals surface area (Å²) in [6.45, 7) is 3.01. The smallest absolute Gasteiger partial charge is 0.0473 e. The summed E-state index contributed by atoms with van der Waals surface area (Å²) in [4.78, 5) is 3.90. The summed E-state index contributed by atoms with van der Waals surface area (Å²) in [6.07, 6.45) is 3.48. The Hall–Kier alpha value is -1.09. The number of hydrogen-bond donors (Lipinski definition) is 2. The third kappa shape index (κ3) is 2.88. The van der Waals surface area contributed by atoms with E-state index in [-0.39, 0.29) is 12.5 Å². The Balaban J connectivity index is 2.33. The molecule has 0 fully saturated rings. The predicted octanol–water partition coefficient (Wildman–Crippen LogP) is 1.12. The van der Waals surface area contributed by atoms with Crippen molar-refractivity contribution < 1.29 is 5.11 Å². The first-order chi connectivity index (χ1) is 5.83. The van der Waals surface area contributed by atoms with Crippen LogP contribution in [0.15, 0.2) is 24.5 Å². The monoisotopic (exact) mass is 166 g/mol. The fraction of sp³-hybridized carbons (Fsp3) is 0.444. The highest BCUT2D eigenvalue weighted by atomic mass is 16.3. The number of nitrogens with one attached hydrogen (secondary N) is 1.